The molecular formula is C13H12Br2FN3O. The van der Waals surface area contributed by atoms with Gasteiger partial charge in [-0.2, -0.15) is 5.10 Å². The average molecular weight is 405 g/mol. The van der Waals surface area contributed by atoms with E-state index in [2.05, 4.69) is 42.3 Å². The Morgan fingerprint density at radius 2 is 2.15 bits per heavy atom. The third kappa shape index (κ3) is 3.46. The van der Waals surface area contributed by atoms with Crippen molar-refractivity contribution in [2.24, 2.45) is 7.05 Å². The van der Waals surface area contributed by atoms with E-state index in [0.717, 1.165) is 5.56 Å². The zero-order chi connectivity index (χ0) is 14.7. The van der Waals surface area contributed by atoms with Crippen LogP contribution in [-0.2, 0) is 13.5 Å². The van der Waals surface area contributed by atoms with E-state index in [1.807, 2.05) is 0 Å². The van der Waals surface area contributed by atoms with Crippen molar-refractivity contribution < 1.29 is 4.39 Å². The highest BCUT2D eigenvalue weighted by Gasteiger charge is 2.06. The lowest BCUT2D eigenvalue weighted by molar-refractivity contribution is 0.620. The molecule has 0 fully saturated rings. The molecule has 0 amide bonds. The third-order valence-corrected chi connectivity index (χ3v) is 4.17. The Bertz CT molecular complexity index is 688. The highest BCUT2D eigenvalue weighted by molar-refractivity contribution is 9.10. The average Bonchev–Trinajstić information content (AvgIpc) is 2.43. The Hall–Kier alpha value is -1.21. The summed E-state index contributed by atoms with van der Waals surface area (Å²) in [6, 6.07) is 4.91. The molecule has 0 bridgehead atoms. The van der Waals surface area contributed by atoms with Gasteiger partial charge < -0.3 is 5.32 Å². The van der Waals surface area contributed by atoms with Crippen LogP contribution in [0.25, 0.3) is 0 Å². The molecule has 0 unspecified atom stereocenters. The molecule has 20 heavy (non-hydrogen) atoms. The second kappa shape index (κ2) is 6.49. The number of hydrogen-bond donors (Lipinski definition) is 1. The van der Waals surface area contributed by atoms with Crippen LogP contribution in [0.15, 0.2) is 38.1 Å². The topological polar surface area (TPSA) is 46.9 Å². The monoisotopic (exact) mass is 403 g/mol. The summed E-state index contributed by atoms with van der Waals surface area (Å²) in [6.07, 6.45) is 2.30. The Balaban J connectivity index is 2.01. The van der Waals surface area contributed by atoms with Gasteiger partial charge in [0.15, 0.2) is 0 Å². The molecule has 106 valence electrons. The highest BCUT2D eigenvalue weighted by atomic mass is 79.9. The molecule has 1 aromatic carbocycles. The van der Waals surface area contributed by atoms with Crippen molar-refractivity contribution in [2.75, 3.05) is 11.9 Å². The largest absolute Gasteiger partial charge is 0.382 e. The van der Waals surface area contributed by atoms with Gasteiger partial charge in [0.1, 0.15) is 10.3 Å². The SMILES string of the molecule is Cn1ncc(NCCc2ccc(F)c(Br)c2)c(Br)c1=O. The molecule has 0 aliphatic rings. The van der Waals surface area contributed by atoms with Crippen molar-refractivity contribution in [2.45, 2.75) is 6.42 Å². The van der Waals surface area contributed by atoms with Crippen molar-refractivity contribution in [3.8, 4) is 0 Å². The Labute approximate surface area is 132 Å². The minimum absolute atomic E-state index is 0.195. The van der Waals surface area contributed by atoms with E-state index in [1.165, 1.54) is 10.7 Å². The number of nitrogens with one attached hydrogen (secondary N) is 1. The van der Waals surface area contributed by atoms with Crippen LogP contribution in [0.5, 0.6) is 0 Å². The van der Waals surface area contributed by atoms with Crippen LogP contribution < -0.4 is 10.9 Å². The fraction of sp³-hybridized carbons (Fsp3) is 0.231. The molecule has 7 heteroatoms. The molecule has 2 aromatic rings. The first kappa shape index (κ1) is 15.2. The van der Waals surface area contributed by atoms with Crippen LogP contribution in [0, 0.1) is 5.82 Å². The molecule has 2 rings (SSSR count). The van der Waals surface area contributed by atoms with Gasteiger partial charge in [0.05, 0.1) is 16.4 Å². The summed E-state index contributed by atoms with van der Waals surface area (Å²) in [7, 11) is 1.59. The van der Waals surface area contributed by atoms with Crippen LogP contribution >= 0.6 is 31.9 Å². The smallest absolute Gasteiger partial charge is 0.282 e. The summed E-state index contributed by atoms with van der Waals surface area (Å²) in [5, 5.41) is 7.08. The number of benzene rings is 1. The van der Waals surface area contributed by atoms with Gasteiger partial charge in [-0.25, -0.2) is 9.07 Å². The van der Waals surface area contributed by atoms with Crippen molar-refractivity contribution in [3.05, 3.63) is 55.1 Å². The summed E-state index contributed by atoms with van der Waals surface area (Å²) in [5.41, 5.74) is 1.45. The highest BCUT2D eigenvalue weighted by Crippen LogP contribution is 2.18. The summed E-state index contributed by atoms with van der Waals surface area (Å²) >= 11 is 6.40. The van der Waals surface area contributed by atoms with E-state index in [0.29, 0.717) is 27.6 Å². The van der Waals surface area contributed by atoms with Gasteiger partial charge in [0.25, 0.3) is 5.56 Å². The molecule has 0 atom stereocenters. The number of aryl methyl sites for hydroxylation is 1. The van der Waals surface area contributed by atoms with Crippen LogP contribution in [0.3, 0.4) is 0 Å². The van der Waals surface area contributed by atoms with E-state index in [4.69, 9.17) is 0 Å². The molecule has 0 saturated carbocycles. The van der Waals surface area contributed by atoms with E-state index in [1.54, 1.807) is 25.4 Å². The van der Waals surface area contributed by atoms with Gasteiger partial charge in [-0.05, 0) is 56.0 Å². The Morgan fingerprint density at radius 1 is 1.40 bits per heavy atom. The number of hydrogen-bond acceptors (Lipinski definition) is 3. The van der Waals surface area contributed by atoms with E-state index < -0.39 is 0 Å². The van der Waals surface area contributed by atoms with Crippen LogP contribution in [0.1, 0.15) is 5.56 Å². The van der Waals surface area contributed by atoms with Gasteiger partial charge in [-0.1, -0.05) is 6.07 Å². The summed E-state index contributed by atoms with van der Waals surface area (Å²) < 4.78 is 15.3. The predicted molar refractivity (Wildman–Crippen MR) is 83.5 cm³/mol. The second-order valence-corrected chi connectivity index (χ2v) is 5.87. The minimum atomic E-state index is -0.278. The lowest BCUT2D eigenvalue weighted by Gasteiger charge is -2.09. The predicted octanol–water partition coefficient (Wildman–Crippen LogP) is 3.10. The first-order valence-corrected chi connectivity index (χ1v) is 7.47. The zero-order valence-corrected chi connectivity index (χ0v) is 13.8. The molecular weight excluding hydrogens is 393 g/mol. The zero-order valence-electron chi connectivity index (χ0n) is 10.7. The quantitative estimate of drug-likeness (QED) is 0.851. The van der Waals surface area contributed by atoms with Gasteiger partial charge >= 0.3 is 0 Å². The van der Waals surface area contributed by atoms with Gasteiger partial charge in [0.2, 0.25) is 0 Å². The van der Waals surface area contributed by atoms with Crippen molar-refractivity contribution >= 4 is 37.5 Å². The molecule has 0 saturated heterocycles. The van der Waals surface area contributed by atoms with Crippen molar-refractivity contribution in [1.82, 2.24) is 9.78 Å². The minimum Gasteiger partial charge on any atom is -0.382 e. The number of halogens is 3. The van der Waals surface area contributed by atoms with Crippen LogP contribution in [0.2, 0.25) is 0 Å². The lowest BCUT2D eigenvalue weighted by atomic mass is 10.1. The van der Waals surface area contributed by atoms with Crippen LogP contribution in [-0.4, -0.2) is 16.3 Å². The van der Waals surface area contributed by atoms with E-state index in [-0.39, 0.29) is 11.4 Å². The first-order valence-electron chi connectivity index (χ1n) is 5.88. The maximum absolute atomic E-state index is 13.1. The first-order chi connectivity index (χ1) is 9.49. The fourth-order valence-corrected chi connectivity index (χ4v) is 2.60. The lowest BCUT2D eigenvalue weighted by Crippen LogP contribution is -2.21. The van der Waals surface area contributed by atoms with Crippen molar-refractivity contribution in [3.63, 3.8) is 0 Å². The molecule has 4 nitrogen and oxygen atoms in total. The van der Waals surface area contributed by atoms with Gasteiger partial charge in [-0.3, -0.25) is 4.79 Å². The Morgan fingerprint density at radius 3 is 2.85 bits per heavy atom. The number of nitrogens with zero attached hydrogens (tertiary/aromatic N) is 2. The summed E-state index contributed by atoms with van der Waals surface area (Å²) in [4.78, 5) is 11.7. The molecule has 1 aromatic heterocycles. The van der Waals surface area contributed by atoms with Gasteiger partial charge in [0, 0.05) is 13.6 Å². The van der Waals surface area contributed by atoms with Crippen molar-refractivity contribution in [1.29, 1.82) is 0 Å². The molecule has 0 spiro atoms. The number of rotatable bonds is 4. The Kier molecular flexibility index (Phi) is 4.93. The summed E-state index contributed by atoms with van der Waals surface area (Å²) in [6.45, 7) is 0.617. The fourth-order valence-electron chi connectivity index (χ4n) is 1.67. The molecule has 0 radical (unpaired) electrons. The van der Waals surface area contributed by atoms with Gasteiger partial charge in [-0.15, -0.1) is 0 Å². The maximum atomic E-state index is 13.1. The van der Waals surface area contributed by atoms with Crippen LogP contribution in [0.4, 0.5) is 10.1 Å². The standard InChI is InChI=1S/C13H12Br2FN3O/c1-19-13(20)12(15)11(7-18-19)17-5-4-8-2-3-10(16)9(14)6-8/h2-3,6-7,17H,4-5H2,1H3. The molecule has 0 aliphatic carbocycles. The molecule has 0 aliphatic heterocycles. The second-order valence-electron chi connectivity index (χ2n) is 4.23. The van der Waals surface area contributed by atoms with E-state index >= 15 is 0 Å². The molecule has 1 N–H and O–H groups in total. The third-order valence-electron chi connectivity index (χ3n) is 2.79. The summed E-state index contributed by atoms with van der Waals surface area (Å²) in [5.74, 6) is -0.278. The maximum Gasteiger partial charge on any atom is 0.282 e. The number of anilines is 1. The normalized spacial score (nSPS) is 10.6. The number of aromatic nitrogens is 2. The van der Waals surface area contributed by atoms with E-state index in [9.17, 15) is 9.18 Å². The molecule has 1 heterocycles.